The average molecular weight is 317 g/mol. The van der Waals surface area contributed by atoms with E-state index in [9.17, 15) is 22.0 Å². The maximum atomic E-state index is 12.1. The van der Waals surface area contributed by atoms with Crippen LogP contribution in [0.3, 0.4) is 0 Å². The van der Waals surface area contributed by atoms with Gasteiger partial charge in [-0.3, -0.25) is 4.79 Å². The number of hydrogen-bond donors (Lipinski definition) is 0. The van der Waals surface area contributed by atoms with Gasteiger partial charge in [0.05, 0.1) is 17.5 Å². The number of sulfone groups is 1. The summed E-state index contributed by atoms with van der Waals surface area (Å²) in [7, 11) is -3.11. The fraction of sp³-hybridized carbons (Fsp3) is 0.462. The second-order valence-corrected chi connectivity index (χ2v) is 7.40. The molecule has 0 aliphatic carbocycles. The van der Waals surface area contributed by atoms with Crippen LogP contribution in [0.25, 0.3) is 0 Å². The summed E-state index contributed by atoms with van der Waals surface area (Å²) in [4.78, 5) is 13.5. The van der Waals surface area contributed by atoms with Crippen molar-refractivity contribution in [1.82, 2.24) is 0 Å². The molecule has 21 heavy (non-hydrogen) atoms. The molecule has 1 aromatic rings. The largest absolute Gasteiger partial charge is 0.435 e. The van der Waals surface area contributed by atoms with Crippen LogP contribution in [0, 0.1) is 5.92 Å². The number of hydrogen-bond acceptors (Lipinski definition) is 4. The van der Waals surface area contributed by atoms with Crippen LogP contribution in [-0.4, -0.2) is 38.5 Å². The smallest absolute Gasteiger partial charge is 0.387 e. The Kier molecular flexibility index (Phi) is 3.35. The molecular formula is C13H13F2NO4S. The minimum atomic E-state index is -3.11. The van der Waals surface area contributed by atoms with Gasteiger partial charge < -0.3 is 9.64 Å². The standard InChI is InChI=1S/C13H13F2NO4S/c14-13(15)20-10-3-1-9(2-4-10)16-11-7-21(18,19)6-8(11)5-12(16)17/h1-4,8,11,13H,5-7H2/t8-,11-/m0/s1. The third-order valence-corrected chi connectivity index (χ3v) is 5.60. The summed E-state index contributed by atoms with van der Waals surface area (Å²) < 4.78 is 51.8. The molecule has 0 unspecified atom stereocenters. The fourth-order valence-electron chi connectivity index (χ4n) is 3.01. The zero-order chi connectivity index (χ0) is 15.2. The van der Waals surface area contributed by atoms with E-state index in [0.29, 0.717) is 5.69 Å². The van der Waals surface area contributed by atoms with Crippen molar-refractivity contribution in [3.63, 3.8) is 0 Å². The van der Waals surface area contributed by atoms with Crippen molar-refractivity contribution >= 4 is 21.4 Å². The quantitative estimate of drug-likeness (QED) is 0.846. The molecule has 8 heteroatoms. The molecule has 0 bridgehead atoms. The van der Waals surface area contributed by atoms with Crippen molar-refractivity contribution in [3.8, 4) is 5.75 Å². The lowest BCUT2D eigenvalue weighted by Gasteiger charge is -2.23. The first-order valence-electron chi connectivity index (χ1n) is 6.43. The maximum Gasteiger partial charge on any atom is 0.387 e. The first kappa shape index (κ1) is 14.2. The van der Waals surface area contributed by atoms with E-state index in [1.807, 2.05) is 0 Å². The molecular weight excluding hydrogens is 304 g/mol. The number of amides is 1. The molecule has 2 aliphatic rings. The average Bonchev–Trinajstić information content (AvgIpc) is 2.80. The molecule has 1 aromatic carbocycles. The van der Waals surface area contributed by atoms with E-state index in [1.165, 1.54) is 29.2 Å². The van der Waals surface area contributed by atoms with Gasteiger partial charge in [-0.15, -0.1) is 0 Å². The van der Waals surface area contributed by atoms with Crippen molar-refractivity contribution in [2.24, 2.45) is 5.92 Å². The summed E-state index contributed by atoms with van der Waals surface area (Å²) in [5, 5.41) is 0. The van der Waals surface area contributed by atoms with Crippen LogP contribution in [0.5, 0.6) is 5.75 Å². The SMILES string of the molecule is O=C1C[C@H]2CS(=O)(=O)C[C@@H]2N1c1ccc(OC(F)F)cc1. The fourth-order valence-corrected chi connectivity index (χ4v) is 5.08. The predicted octanol–water partition coefficient (Wildman–Crippen LogP) is 1.44. The summed E-state index contributed by atoms with van der Waals surface area (Å²) in [5.41, 5.74) is 0.506. The number of carbonyl (C=O) groups excluding carboxylic acids is 1. The van der Waals surface area contributed by atoms with E-state index in [-0.39, 0.29) is 41.5 Å². The lowest BCUT2D eigenvalue weighted by molar-refractivity contribution is -0.117. The van der Waals surface area contributed by atoms with Crippen LogP contribution in [-0.2, 0) is 14.6 Å². The number of fused-ring (bicyclic) bond motifs is 1. The number of rotatable bonds is 3. The molecule has 0 spiro atoms. The highest BCUT2D eigenvalue weighted by atomic mass is 32.2. The van der Waals surface area contributed by atoms with Crippen LogP contribution in [0.15, 0.2) is 24.3 Å². The van der Waals surface area contributed by atoms with Crippen molar-refractivity contribution in [1.29, 1.82) is 0 Å². The number of ether oxygens (including phenoxy) is 1. The minimum Gasteiger partial charge on any atom is -0.435 e. The van der Waals surface area contributed by atoms with Gasteiger partial charge in [0.1, 0.15) is 5.75 Å². The predicted molar refractivity (Wildman–Crippen MR) is 71.1 cm³/mol. The van der Waals surface area contributed by atoms with Crippen molar-refractivity contribution < 1.29 is 26.7 Å². The van der Waals surface area contributed by atoms with Crippen molar-refractivity contribution in [2.45, 2.75) is 19.1 Å². The lowest BCUT2D eigenvalue weighted by atomic mass is 10.0. The van der Waals surface area contributed by atoms with Gasteiger partial charge in [-0.1, -0.05) is 0 Å². The van der Waals surface area contributed by atoms with Gasteiger partial charge in [-0.25, -0.2) is 8.42 Å². The van der Waals surface area contributed by atoms with E-state index in [4.69, 9.17) is 0 Å². The van der Waals surface area contributed by atoms with Crippen molar-refractivity contribution in [3.05, 3.63) is 24.3 Å². The van der Waals surface area contributed by atoms with Gasteiger partial charge in [0.15, 0.2) is 9.84 Å². The Bertz CT molecular complexity index is 659. The van der Waals surface area contributed by atoms with Gasteiger partial charge in [0, 0.05) is 18.0 Å². The number of nitrogens with zero attached hydrogens (tertiary/aromatic N) is 1. The second-order valence-electron chi connectivity index (χ2n) is 5.24. The Balaban J connectivity index is 1.84. The molecule has 0 saturated carbocycles. The molecule has 3 rings (SSSR count). The first-order chi connectivity index (χ1) is 9.85. The minimum absolute atomic E-state index is 0.00371. The highest BCUT2D eigenvalue weighted by molar-refractivity contribution is 7.91. The third kappa shape index (κ3) is 2.72. The number of benzene rings is 1. The Hall–Kier alpha value is -1.70. The number of carbonyl (C=O) groups is 1. The van der Waals surface area contributed by atoms with Gasteiger partial charge in [-0.05, 0) is 24.3 Å². The van der Waals surface area contributed by atoms with Gasteiger partial charge in [-0.2, -0.15) is 8.78 Å². The van der Waals surface area contributed by atoms with Crippen LogP contribution >= 0.6 is 0 Å². The summed E-state index contributed by atoms with van der Waals surface area (Å²) in [6, 6.07) is 5.30. The molecule has 2 saturated heterocycles. The Morgan fingerprint density at radius 1 is 1.19 bits per heavy atom. The third-order valence-electron chi connectivity index (χ3n) is 3.81. The van der Waals surface area contributed by atoms with Crippen LogP contribution in [0.4, 0.5) is 14.5 Å². The topological polar surface area (TPSA) is 63.7 Å². The summed E-state index contributed by atoms with van der Waals surface area (Å²) in [5.74, 6) is -0.330. The van der Waals surface area contributed by atoms with E-state index in [1.54, 1.807) is 0 Å². The summed E-state index contributed by atoms with van der Waals surface area (Å²) >= 11 is 0. The monoisotopic (exact) mass is 317 g/mol. The van der Waals surface area contributed by atoms with Crippen LogP contribution < -0.4 is 9.64 Å². The number of halogens is 2. The molecule has 2 atom stereocenters. The van der Waals surface area contributed by atoms with Crippen LogP contribution in [0.2, 0.25) is 0 Å². The van der Waals surface area contributed by atoms with E-state index in [0.717, 1.165) is 0 Å². The number of anilines is 1. The zero-order valence-corrected chi connectivity index (χ0v) is 11.7. The van der Waals surface area contributed by atoms with Crippen LogP contribution in [0.1, 0.15) is 6.42 Å². The molecule has 0 aromatic heterocycles. The van der Waals surface area contributed by atoms with Gasteiger partial charge in [0.25, 0.3) is 0 Å². The molecule has 2 fully saturated rings. The van der Waals surface area contributed by atoms with E-state index in [2.05, 4.69) is 4.74 Å². The maximum absolute atomic E-state index is 12.1. The van der Waals surface area contributed by atoms with E-state index >= 15 is 0 Å². The molecule has 0 radical (unpaired) electrons. The first-order valence-corrected chi connectivity index (χ1v) is 8.25. The molecule has 1 amide bonds. The molecule has 2 heterocycles. The number of alkyl halides is 2. The second kappa shape index (κ2) is 4.94. The van der Waals surface area contributed by atoms with Crippen molar-refractivity contribution in [2.75, 3.05) is 16.4 Å². The summed E-state index contributed by atoms with van der Waals surface area (Å²) in [6.07, 6.45) is 0.208. The molecule has 2 aliphatic heterocycles. The highest BCUT2D eigenvalue weighted by Crippen LogP contribution is 2.37. The Labute approximate surface area is 120 Å². The Morgan fingerprint density at radius 2 is 1.86 bits per heavy atom. The molecule has 114 valence electrons. The normalized spacial score (nSPS) is 27.2. The molecule has 5 nitrogen and oxygen atoms in total. The lowest BCUT2D eigenvalue weighted by Crippen LogP contribution is -2.36. The van der Waals surface area contributed by atoms with Gasteiger partial charge >= 0.3 is 6.61 Å². The Morgan fingerprint density at radius 3 is 2.48 bits per heavy atom. The molecule has 0 N–H and O–H groups in total. The summed E-state index contributed by atoms with van der Waals surface area (Å²) in [6.45, 7) is -2.91. The van der Waals surface area contributed by atoms with Gasteiger partial charge in [0.2, 0.25) is 5.91 Å². The zero-order valence-electron chi connectivity index (χ0n) is 10.9. The van der Waals surface area contributed by atoms with E-state index < -0.39 is 16.4 Å². The highest BCUT2D eigenvalue weighted by Gasteiger charge is 2.49.